The number of nitrogens with one attached hydrogen (secondary N) is 1. The van der Waals surface area contributed by atoms with Gasteiger partial charge in [0.05, 0.1) is 0 Å². The van der Waals surface area contributed by atoms with Crippen molar-refractivity contribution in [1.29, 1.82) is 0 Å². The number of aromatic hydroxyl groups is 1. The molecule has 2 nitrogen and oxygen atoms in total. The summed E-state index contributed by atoms with van der Waals surface area (Å²) in [6.45, 7) is 2.26. The number of rotatable bonds is 2. The molecule has 0 aromatic heterocycles. The first-order chi connectivity index (χ1) is 8.33. The molecule has 17 heavy (non-hydrogen) atoms. The van der Waals surface area contributed by atoms with Gasteiger partial charge in [-0.2, -0.15) is 0 Å². The number of hydrogen-bond acceptors (Lipinski definition) is 2. The lowest BCUT2D eigenvalue weighted by Gasteiger charge is -2.36. The zero-order chi connectivity index (χ0) is 11.7. The fourth-order valence-electron chi connectivity index (χ4n) is 3.92. The molecule has 1 aromatic carbocycles. The largest absolute Gasteiger partial charge is 0.508 e. The first-order valence-electron chi connectivity index (χ1n) is 6.82. The summed E-state index contributed by atoms with van der Waals surface area (Å²) in [7, 11) is 0. The third-order valence-corrected chi connectivity index (χ3v) is 4.78. The van der Waals surface area contributed by atoms with Gasteiger partial charge in [-0.05, 0) is 44.3 Å². The second-order valence-corrected chi connectivity index (χ2v) is 5.57. The number of phenolic OH excluding ortho intramolecular Hbond substituents is 1. The van der Waals surface area contributed by atoms with Crippen LogP contribution in [0.15, 0.2) is 24.3 Å². The van der Waals surface area contributed by atoms with Crippen LogP contribution in [0.1, 0.15) is 37.7 Å². The highest BCUT2D eigenvalue weighted by molar-refractivity contribution is 5.40. The van der Waals surface area contributed by atoms with Crippen LogP contribution in [0.3, 0.4) is 0 Å². The molecule has 1 heterocycles. The Morgan fingerprint density at radius 3 is 2.59 bits per heavy atom. The van der Waals surface area contributed by atoms with Crippen LogP contribution in [-0.4, -0.2) is 18.2 Å². The monoisotopic (exact) mass is 231 g/mol. The van der Waals surface area contributed by atoms with Gasteiger partial charge in [0.15, 0.2) is 0 Å². The minimum Gasteiger partial charge on any atom is -0.508 e. The van der Waals surface area contributed by atoms with Crippen LogP contribution in [0, 0.1) is 5.92 Å². The molecule has 2 heteroatoms. The zero-order valence-corrected chi connectivity index (χ0v) is 10.3. The minimum absolute atomic E-state index is 0.245. The summed E-state index contributed by atoms with van der Waals surface area (Å²) in [6.07, 6.45) is 6.37. The molecule has 0 amide bonds. The van der Waals surface area contributed by atoms with E-state index >= 15 is 0 Å². The average molecular weight is 231 g/mol. The Balaban J connectivity index is 2.02. The maximum atomic E-state index is 10.2. The smallest absolute Gasteiger partial charge is 0.119 e. The van der Waals surface area contributed by atoms with Crippen LogP contribution in [0.25, 0.3) is 0 Å². The Morgan fingerprint density at radius 2 is 1.94 bits per heavy atom. The lowest BCUT2D eigenvalue weighted by molar-refractivity contribution is 0.281. The number of phenols is 1. The molecule has 1 saturated heterocycles. The van der Waals surface area contributed by atoms with Crippen LogP contribution in [-0.2, 0) is 5.41 Å². The standard InChI is InChI=1S/C15H21NO/c17-14-6-2-1-5-13(14)15(8-3-4-9-15)12-7-10-16-11-12/h1-2,5-6,12,16-17H,3-4,7-11H2. The van der Waals surface area contributed by atoms with Crippen molar-refractivity contribution in [2.24, 2.45) is 5.92 Å². The van der Waals surface area contributed by atoms with Gasteiger partial charge < -0.3 is 10.4 Å². The molecule has 0 bridgehead atoms. The Hall–Kier alpha value is -1.02. The lowest BCUT2D eigenvalue weighted by atomic mass is 9.68. The van der Waals surface area contributed by atoms with E-state index < -0.39 is 0 Å². The van der Waals surface area contributed by atoms with Crippen molar-refractivity contribution in [3.63, 3.8) is 0 Å². The van der Waals surface area contributed by atoms with Gasteiger partial charge in [0.2, 0.25) is 0 Å². The molecule has 1 aromatic rings. The van der Waals surface area contributed by atoms with Gasteiger partial charge in [-0.15, -0.1) is 0 Å². The number of benzene rings is 1. The van der Waals surface area contributed by atoms with Gasteiger partial charge in [0.25, 0.3) is 0 Å². The molecule has 1 saturated carbocycles. The van der Waals surface area contributed by atoms with E-state index in [9.17, 15) is 5.11 Å². The maximum Gasteiger partial charge on any atom is 0.119 e. The van der Waals surface area contributed by atoms with E-state index in [0.29, 0.717) is 11.7 Å². The molecule has 2 aliphatic rings. The van der Waals surface area contributed by atoms with Crippen molar-refractivity contribution in [2.75, 3.05) is 13.1 Å². The SMILES string of the molecule is Oc1ccccc1C1(C2CCNC2)CCCC1. The highest BCUT2D eigenvalue weighted by atomic mass is 16.3. The van der Waals surface area contributed by atoms with Crippen LogP contribution >= 0.6 is 0 Å². The molecule has 1 unspecified atom stereocenters. The molecular weight excluding hydrogens is 210 g/mol. The minimum atomic E-state index is 0.245. The Morgan fingerprint density at radius 1 is 1.18 bits per heavy atom. The Bertz CT molecular complexity index is 390. The molecule has 1 atom stereocenters. The molecule has 2 N–H and O–H groups in total. The summed E-state index contributed by atoms with van der Waals surface area (Å²) in [6, 6.07) is 7.97. The van der Waals surface area contributed by atoms with E-state index in [1.807, 2.05) is 12.1 Å². The summed E-state index contributed by atoms with van der Waals surface area (Å²) in [5, 5.41) is 13.7. The Labute approximate surface area is 103 Å². The summed E-state index contributed by atoms with van der Waals surface area (Å²) >= 11 is 0. The van der Waals surface area contributed by atoms with Gasteiger partial charge in [-0.3, -0.25) is 0 Å². The molecule has 0 radical (unpaired) electrons. The molecule has 2 fully saturated rings. The van der Waals surface area contributed by atoms with Gasteiger partial charge >= 0.3 is 0 Å². The third kappa shape index (κ3) is 1.75. The second-order valence-electron chi connectivity index (χ2n) is 5.57. The van der Waals surface area contributed by atoms with E-state index in [-0.39, 0.29) is 5.41 Å². The number of hydrogen-bond donors (Lipinski definition) is 2. The zero-order valence-electron chi connectivity index (χ0n) is 10.3. The van der Waals surface area contributed by atoms with Crippen molar-refractivity contribution in [2.45, 2.75) is 37.5 Å². The molecule has 1 aliphatic heterocycles. The van der Waals surface area contributed by atoms with E-state index in [2.05, 4.69) is 17.4 Å². The molecule has 3 rings (SSSR count). The molecule has 92 valence electrons. The van der Waals surface area contributed by atoms with Crippen LogP contribution in [0.2, 0.25) is 0 Å². The quantitative estimate of drug-likeness (QED) is 0.820. The third-order valence-electron chi connectivity index (χ3n) is 4.78. The molecular formula is C15H21NO. The lowest BCUT2D eigenvalue weighted by Crippen LogP contribution is -2.34. The first kappa shape index (κ1) is 11.1. The van der Waals surface area contributed by atoms with E-state index in [1.165, 1.54) is 37.7 Å². The summed E-state index contributed by atoms with van der Waals surface area (Å²) in [4.78, 5) is 0. The highest BCUT2D eigenvalue weighted by Crippen LogP contribution is 2.50. The summed E-state index contributed by atoms with van der Waals surface area (Å²) in [5.41, 5.74) is 1.45. The van der Waals surface area contributed by atoms with Crippen molar-refractivity contribution in [3.05, 3.63) is 29.8 Å². The van der Waals surface area contributed by atoms with Gasteiger partial charge in [-0.25, -0.2) is 0 Å². The normalized spacial score (nSPS) is 27.4. The van der Waals surface area contributed by atoms with Gasteiger partial charge in [0, 0.05) is 11.0 Å². The van der Waals surface area contributed by atoms with E-state index in [1.54, 1.807) is 0 Å². The maximum absolute atomic E-state index is 10.2. The fourth-order valence-corrected chi connectivity index (χ4v) is 3.92. The molecule has 1 aliphatic carbocycles. The van der Waals surface area contributed by atoms with E-state index in [0.717, 1.165) is 13.1 Å². The van der Waals surface area contributed by atoms with Crippen molar-refractivity contribution in [1.82, 2.24) is 5.32 Å². The van der Waals surface area contributed by atoms with Gasteiger partial charge in [-0.1, -0.05) is 31.0 Å². The first-order valence-corrected chi connectivity index (χ1v) is 6.82. The van der Waals surface area contributed by atoms with Crippen LogP contribution < -0.4 is 5.32 Å². The van der Waals surface area contributed by atoms with Crippen molar-refractivity contribution >= 4 is 0 Å². The van der Waals surface area contributed by atoms with Crippen molar-refractivity contribution in [3.8, 4) is 5.75 Å². The predicted molar refractivity (Wildman–Crippen MR) is 69.2 cm³/mol. The second kappa shape index (κ2) is 4.34. The summed E-state index contributed by atoms with van der Waals surface area (Å²) in [5.74, 6) is 1.21. The molecule has 0 spiro atoms. The van der Waals surface area contributed by atoms with Crippen molar-refractivity contribution < 1.29 is 5.11 Å². The average Bonchev–Trinajstić information content (AvgIpc) is 3.01. The topological polar surface area (TPSA) is 32.3 Å². The highest BCUT2D eigenvalue weighted by Gasteiger charge is 2.44. The van der Waals surface area contributed by atoms with Crippen LogP contribution in [0.4, 0.5) is 0 Å². The van der Waals surface area contributed by atoms with E-state index in [4.69, 9.17) is 0 Å². The van der Waals surface area contributed by atoms with Gasteiger partial charge in [0.1, 0.15) is 5.75 Å². The predicted octanol–water partition coefficient (Wildman–Crippen LogP) is 2.81. The summed E-state index contributed by atoms with van der Waals surface area (Å²) < 4.78 is 0. The van der Waals surface area contributed by atoms with Crippen LogP contribution in [0.5, 0.6) is 5.75 Å². The number of para-hydroxylation sites is 1. The fraction of sp³-hybridized carbons (Fsp3) is 0.600. The Kier molecular flexibility index (Phi) is 2.83.